The summed E-state index contributed by atoms with van der Waals surface area (Å²) in [5.74, 6) is 0. The number of ether oxygens (including phenoxy) is 2. The Morgan fingerprint density at radius 2 is 2.22 bits per heavy atom. The normalized spacial score (nSPS) is 28.7. The lowest BCUT2D eigenvalue weighted by Gasteiger charge is -2.17. The number of hydrogen-bond acceptors (Lipinski definition) is 9. The third-order valence-electron chi connectivity index (χ3n) is 2.52. The van der Waals surface area contributed by atoms with Crippen LogP contribution in [0.25, 0.3) is 0 Å². The van der Waals surface area contributed by atoms with Crippen LogP contribution in [0, 0.1) is 0 Å². The Morgan fingerprint density at radius 3 is 2.78 bits per heavy atom. The Morgan fingerprint density at radius 1 is 1.52 bits per heavy atom. The molecule has 6 atom stereocenters. The summed E-state index contributed by atoms with van der Waals surface area (Å²) in [4.78, 5) is 21.6. The van der Waals surface area contributed by atoms with Crippen LogP contribution in [0.5, 0.6) is 0 Å². The fraction of sp³-hybridized carbons (Fsp3) is 0.875. The zero-order valence-corrected chi connectivity index (χ0v) is 14.6. The lowest BCUT2D eigenvalue weighted by atomic mass is 10.2. The van der Waals surface area contributed by atoms with Crippen molar-refractivity contribution in [3.63, 3.8) is 0 Å². The molecule has 0 radical (unpaired) electrons. The van der Waals surface area contributed by atoms with Gasteiger partial charge in [0.15, 0.2) is 10.5 Å². The zero-order valence-electron chi connectivity index (χ0n) is 12.0. The molecule has 132 valence electrons. The average molecular weight is 394 g/mol. The summed E-state index contributed by atoms with van der Waals surface area (Å²) < 4.78 is 56.2. The van der Waals surface area contributed by atoms with Gasteiger partial charge in [-0.15, -0.1) is 4.89 Å². The molecule has 0 spiro atoms. The second kappa shape index (κ2) is 9.80. The highest BCUT2D eigenvalue weighted by Crippen LogP contribution is 2.54. The molecule has 23 heavy (non-hydrogen) atoms. The Balaban J connectivity index is 2.54. The number of aliphatic imine (C=N–C) groups is 1. The summed E-state index contributed by atoms with van der Waals surface area (Å²) in [6.07, 6.45) is -0.335. The van der Waals surface area contributed by atoms with Crippen LogP contribution in [0.3, 0.4) is 0 Å². The average Bonchev–Trinajstić information content (AvgIpc) is 2.78. The Kier molecular flexibility index (Phi) is 8.81. The van der Waals surface area contributed by atoms with Gasteiger partial charge in [0.25, 0.3) is 0 Å². The molecule has 4 N–H and O–H groups in total. The Labute approximate surface area is 133 Å². The molecule has 4 unspecified atom stereocenters. The fourth-order valence-corrected chi connectivity index (χ4v) is 3.81. The van der Waals surface area contributed by atoms with Crippen LogP contribution in [0.1, 0.15) is 13.3 Å². The second-order valence-electron chi connectivity index (χ2n) is 4.05. The van der Waals surface area contributed by atoms with Crippen molar-refractivity contribution in [2.75, 3.05) is 13.2 Å². The summed E-state index contributed by atoms with van der Waals surface area (Å²) in [7, 11) is -11.3. The molecule has 1 aliphatic rings. The van der Waals surface area contributed by atoms with E-state index in [9.17, 15) is 18.6 Å². The molecule has 1 aliphatic heterocycles. The van der Waals surface area contributed by atoms with Gasteiger partial charge in [0, 0.05) is 22.2 Å². The van der Waals surface area contributed by atoms with E-state index >= 15 is 0 Å². The second-order valence-corrected chi connectivity index (χ2v) is 7.47. The molecule has 15 heteroatoms. The van der Waals surface area contributed by atoms with Crippen LogP contribution >= 0.6 is 24.3 Å². The van der Waals surface area contributed by atoms with E-state index in [1.807, 2.05) is 0 Å². The Hall–Kier alpha value is -0.380. The monoisotopic (exact) mass is 394 g/mol. The first-order valence-electron chi connectivity index (χ1n) is 6.26. The van der Waals surface area contributed by atoms with Crippen LogP contribution in [0.4, 0.5) is 0 Å². The van der Waals surface area contributed by atoms with Crippen LogP contribution in [-0.4, -0.2) is 47.8 Å². The summed E-state index contributed by atoms with van der Waals surface area (Å²) in [5.41, 5.74) is 5.17. The van der Waals surface area contributed by atoms with E-state index in [0.717, 1.165) is 6.34 Å². The van der Waals surface area contributed by atoms with E-state index in [-0.39, 0.29) is 0 Å². The molecular weight excluding hydrogens is 377 g/mol. The van der Waals surface area contributed by atoms with Gasteiger partial charge in [-0.25, -0.2) is 9.56 Å². The van der Waals surface area contributed by atoms with Gasteiger partial charge in [-0.3, -0.25) is 9.42 Å². The zero-order chi connectivity index (χ0) is 17.5. The summed E-state index contributed by atoms with van der Waals surface area (Å²) in [6.45, 7) is 1.71. The molecule has 0 saturated carbocycles. The highest BCUT2D eigenvalue weighted by atomic mass is 31.3. The SMILES string of the molecule is CCOC1C[C@H](N=CN)O[C@@H]1COP(=O)(O)O[P+](=O)O[P+](=O)O. The summed E-state index contributed by atoms with van der Waals surface area (Å²) >= 11 is 0. The predicted octanol–water partition coefficient (Wildman–Crippen LogP) is 0.951. The van der Waals surface area contributed by atoms with Crippen LogP contribution < -0.4 is 5.73 Å². The van der Waals surface area contributed by atoms with Crippen molar-refractivity contribution in [3.8, 4) is 0 Å². The van der Waals surface area contributed by atoms with Gasteiger partial charge in [-0.1, -0.05) is 0 Å². The number of hydrogen-bond donors (Lipinski definition) is 3. The van der Waals surface area contributed by atoms with Crippen LogP contribution in [0.15, 0.2) is 4.99 Å². The highest BCUT2D eigenvalue weighted by molar-refractivity contribution is 7.58. The molecule has 12 nitrogen and oxygen atoms in total. The number of rotatable bonds is 10. The van der Waals surface area contributed by atoms with E-state index in [1.54, 1.807) is 6.92 Å². The smallest absolute Gasteiger partial charge is 0.390 e. The minimum atomic E-state index is -4.78. The van der Waals surface area contributed by atoms with Crippen LogP contribution in [-0.2, 0) is 36.3 Å². The molecule has 0 aliphatic carbocycles. The maximum absolute atomic E-state index is 11.6. The quantitative estimate of drug-likeness (QED) is 0.273. The van der Waals surface area contributed by atoms with Gasteiger partial charge in [0.1, 0.15) is 6.10 Å². The Bertz CT molecular complexity index is 502. The molecule has 0 bridgehead atoms. The van der Waals surface area contributed by atoms with Crippen molar-refractivity contribution < 1.29 is 46.1 Å². The first kappa shape index (κ1) is 20.7. The third-order valence-corrected chi connectivity index (χ3v) is 5.45. The van der Waals surface area contributed by atoms with E-state index in [1.165, 1.54) is 0 Å². The molecule has 1 rings (SSSR count). The van der Waals surface area contributed by atoms with Gasteiger partial charge >= 0.3 is 24.3 Å². The fourth-order valence-electron chi connectivity index (χ4n) is 1.77. The van der Waals surface area contributed by atoms with Crippen molar-refractivity contribution in [1.82, 2.24) is 0 Å². The topological polar surface area (TPSA) is 176 Å². The van der Waals surface area contributed by atoms with Gasteiger partial charge in [-0.2, -0.15) is 0 Å². The number of phosphoric acid groups is 1. The molecule has 1 saturated heterocycles. The lowest BCUT2D eigenvalue weighted by Crippen LogP contribution is -2.28. The van der Waals surface area contributed by atoms with Crippen molar-refractivity contribution >= 4 is 30.7 Å². The number of nitrogens with two attached hydrogens (primary N) is 1. The minimum absolute atomic E-state index is 0.370. The number of phosphoric ester groups is 1. The standard InChI is InChI=1S/C8H15N2O10P3/c1-2-16-6-3-8(10-5-9)18-7(6)4-17-23(14,15)20-22(13)19-21(11)12/h5-8H,2-4H2,1H3,(H2-2,9,10,11,12,14,15)/p+2/t6?,7-,8-/m1/s1. The molecule has 0 aromatic rings. The first-order valence-corrected chi connectivity index (χ1v) is 9.98. The van der Waals surface area contributed by atoms with Gasteiger partial charge in [0.2, 0.25) is 0 Å². The largest absolute Gasteiger partial charge is 0.758 e. The molecule has 1 fully saturated rings. The van der Waals surface area contributed by atoms with Crippen molar-refractivity contribution in [1.29, 1.82) is 0 Å². The van der Waals surface area contributed by atoms with Crippen molar-refractivity contribution in [3.05, 3.63) is 0 Å². The first-order chi connectivity index (χ1) is 10.8. The number of nitrogens with zero attached hydrogens (tertiary/aromatic N) is 1. The lowest BCUT2D eigenvalue weighted by molar-refractivity contribution is -0.0414. The molecule has 1 heterocycles. The summed E-state index contributed by atoms with van der Waals surface area (Å²) in [6, 6.07) is 0. The maximum atomic E-state index is 11.6. The van der Waals surface area contributed by atoms with Gasteiger partial charge in [-0.05, 0) is 11.2 Å². The van der Waals surface area contributed by atoms with Crippen molar-refractivity contribution in [2.24, 2.45) is 10.7 Å². The van der Waals surface area contributed by atoms with E-state index in [4.69, 9.17) is 20.1 Å². The molecule has 0 amide bonds. The molecule has 0 aromatic heterocycles. The predicted molar refractivity (Wildman–Crippen MR) is 76.8 cm³/mol. The van der Waals surface area contributed by atoms with Gasteiger partial charge in [0.05, 0.1) is 19.0 Å². The summed E-state index contributed by atoms with van der Waals surface area (Å²) in [5, 5.41) is 0. The maximum Gasteiger partial charge on any atom is 0.758 e. The van der Waals surface area contributed by atoms with E-state index in [0.29, 0.717) is 13.0 Å². The molecular formula is C8H17N2O10P3+2. The van der Waals surface area contributed by atoms with E-state index in [2.05, 4.69) is 18.1 Å². The van der Waals surface area contributed by atoms with Crippen molar-refractivity contribution in [2.45, 2.75) is 31.8 Å². The molecule has 0 aromatic carbocycles. The van der Waals surface area contributed by atoms with E-state index < -0.39 is 49.4 Å². The van der Waals surface area contributed by atoms with Crippen LogP contribution in [0.2, 0.25) is 0 Å². The minimum Gasteiger partial charge on any atom is -0.390 e. The third kappa shape index (κ3) is 7.82. The van der Waals surface area contributed by atoms with Gasteiger partial charge < -0.3 is 15.2 Å². The highest BCUT2D eigenvalue weighted by Gasteiger charge is 2.46.